The molecule has 47 heavy (non-hydrogen) atoms. The summed E-state index contributed by atoms with van der Waals surface area (Å²) >= 11 is 0. The van der Waals surface area contributed by atoms with Crippen LogP contribution in [-0.4, -0.2) is 58.6 Å². The van der Waals surface area contributed by atoms with E-state index in [1.54, 1.807) is 11.0 Å². The number of nitrogens with zero attached hydrogens (tertiary/aromatic N) is 2. The largest absolute Gasteiger partial charge is 0.507 e. The fraction of sp³-hybridized carbons (Fsp3) is 0.463. The Bertz CT molecular complexity index is 1690. The maximum atomic E-state index is 14.1. The number of allylic oxidation sites excluding steroid dienone is 2. The first-order valence-electron chi connectivity index (χ1n) is 17.8. The van der Waals surface area contributed by atoms with Crippen molar-refractivity contribution in [1.82, 2.24) is 9.80 Å². The van der Waals surface area contributed by atoms with E-state index in [9.17, 15) is 14.7 Å². The number of phenolic OH excluding ortho intramolecular Hbond substituents is 1. The molecule has 1 aliphatic carbocycles. The number of rotatable bonds is 10. The van der Waals surface area contributed by atoms with Crippen molar-refractivity contribution in [3.05, 3.63) is 94.6 Å². The van der Waals surface area contributed by atoms with Gasteiger partial charge in [0.15, 0.2) is 0 Å². The predicted octanol–water partition coefficient (Wildman–Crippen LogP) is 7.90. The van der Waals surface area contributed by atoms with Crippen molar-refractivity contribution >= 4 is 28.7 Å². The molecule has 6 nitrogen and oxygen atoms in total. The number of ether oxygens (including phenoxy) is 1. The molecule has 3 fully saturated rings. The molecule has 7 rings (SSSR count). The second kappa shape index (κ2) is 13.8. The number of phenols is 1. The van der Waals surface area contributed by atoms with Gasteiger partial charge >= 0.3 is 0 Å². The van der Waals surface area contributed by atoms with Crippen LogP contribution in [0.4, 0.5) is 0 Å². The van der Waals surface area contributed by atoms with Gasteiger partial charge in [0.25, 0.3) is 0 Å². The first-order chi connectivity index (χ1) is 23.0. The molecule has 1 N–H and O–H groups in total. The molecule has 0 aromatic heterocycles. The lowest BCUT2D eigenvalue weighted by Gasteiger charge is -2.36. The number of carbonyl (C=O) groups excluding carboxylic acids is 2. The summed E-state index contributed by atoms with van der Waals surface area (Å²) in [5.74, 6) is -0.100. The molecular weight excluding hydrogens is 584 g/mol. The minimum absolute atomic E-state index is 0.00279. The third kappa shape index (κ3) is 6.18. The fourth-order valence-corrected chi connectivity index (χ4v) is 8.93. The summed E-state index contributed by atoms with van der Waals surface area (Å²) in [4.78, 5) is 32.2. The molecule has 0 bridgehead atoms. The Hall–Kier alpha value is -3.74. The van der Waals surface area contributed by atoms with Gasteiger partial charge in [0.05, 0.1) is 24.5 Å². The molecule has 0 radical (unpaired) electrons. The third-order valence-corrected chi connectivity index (χ3v) is 11.2. The van der Waals surface area contributed by atoms with Gasteiger partial charge < -0.3 is 9.84 Å². The molecule has 0 saturated carbocycles. The van der Waals surface area contributed by atoms with Gasteiger partial charge in [-0.2, -0.15) is 0 Å². The number of imide groups is 1. The number of aromatic hydroxyl groups is 1. The molecule has 3 saturated heterocycles. The van der Waals surface area contributed by atoms with Gasteiger partial charge in [0, 0.05) is 37.0 Å². The van der Waals surface area contributed by atoms with Crippen LogP contribution in [0.25, 0.3) is 16.8 Å². The molecule has 4 atom stereocenters. The van der Waals surface area contributed by atoms with E-state index in [-0.39, 0.29) is 41.7 Å². The van der Waals surface area contributed by atoms with Gasteiger partial charge in [-0.25, -0.2) is 0 Å². The monoisotopic (exact) mass is 632 g/mol. The van der Waals surface area contributed by atoms with Crippen molar-refractivity contribution in [3.63, 3.8) is 0 Å². The van der Waals surface area contributed by atoms with Gasteiger partial charge in [-0.3, -0.25) is 19.4 Å². The van der Waals surface area contributed by atoms with Crippen LogP contribution in [0.5, 0.6) is 5.75 Å². The molecule has 6 heteroatoms. The van der Waals surface area contributed by atoms with Crippen LogP contribution in [0.3, 0.4) is 0 Å². The molecule has 3 aliphatic heterocycles. The Morgan fingerprint density at radius 2 is 1.64 bits per heavy atom. The topological polar surface area (TPSA) is 70.1 Å². The summed E-state index contributed by atoms with van der Waals surface area (Å²) in [6, 6.07) is 22.3. The highest BCUT2D eigenvalue weighted by molar-refractivity contribution is 6.06. The second-order valence-electron chi connectivity index (χ2n) is 14.0. The van der Waals surface area contributed by atoms with Crippen LogP contribution < -0.4 is 0 Å². The van der Waals surface area contributed by atoms with E-state index in [0.29, 0.717) is 18.8 Å². The summed E-state index contributed by atoms with van der Waals surface area (Å²) in [6.45, 7) is 7.65. The zero-order valence-electron chi connectivity index (χ0n) is 27.9. The Kier molecular flexibility index (Phi) is 9.33. The highest BCUT2D eigenvalue weighted by atomic mass is 16.5. The van der Waals surface area contributed by atoms with E-state index in [1.165, 1.54) is 22.3 Å². The molecule has 0 unspecified atom stereocenters. The average Bonchev–Trinajstić information content (AvgIpc) is 3.63. The lowest BCUT2D eigenvalue weighted by molar-refractivity contribution is -0.144. The second-order valence-corrected chi connectivity index (χ2v) is 14.0. The van der Waals surface area contributed by atoms with E-state index >= 15 is 0 Å². The smallest absolute Gasteiger partial charge is 0.234 e. The molecule has 3 aromatic rings. The van der Waals surface area contributed by atoms with Crippen LogP contribution >= 0.6 is 0 Å². The highest BCUT2D eigenvalue weighted by Gasteiger charge is 2.58. The number of carbonyl (C=O) groups is 2. The van der Waals surface area contributed by atoms with Gasteiger partial charge in [0.1, 0.15) is 5.75 Å². The number of likely N-dealkylation sites (tertiary alicyclic amines) is 2. The maximum Gasteiger partial charge on any atom is 0.234 e. The van der Waals surface area contributed by atoms with Crippen molar-refractivity contribution in [3.8, 4) is 5.75 Å². The van der Waals surface area contributed by atoms with Crippen LogP contribution in [0.1, 0.15) is 76.3 Å². The van der Waals surface area contributed by atoms with Crippen molar-refractivity contribution in [2.24, 2.45) is 17.8 Å². The minimum Gasteiger partial charge on any atom is -0.507 e. The van der Waals surface area contributed by atoms with Gasteiger partial charge in [-0.05, 0) is 73.1 Å². The van der Waals surface area contributed by atoms with Crippen LogP contribution in [-0.2, 0) is 20.9 Å². The fourth-order valence-electron chi connectivity index (χ4n) is 8.93. The number of piperidine rings is 1. The molecular formula is C41H48N2O4. The number of fused-ring (bicyclic) bond motifs is 4. The van der Waals surface area contributed by atoms with Gasteiger partial charge in [0.2, 0.25) is 11.8 Å². The first-order valence-corrected chi connectivity index (χ1v) is 17.8. The lowest BCUT2D eigenvalue weighted by atomic mass is 9.69. The van der Waals surface area contributed by atoms with E-state index in [4.69, 9.17) is 4.74 Å². The van der Waals surface area contributed by atoms with E-state index < -0.39 is 0 Å². The Morgan fingerprint density at radius 3 is 2.38 bits per heavy atom. The SMILES string of the molecule is CCC/C(=C\c1ccc(O)c2ccccc12)CC[C@H]1OC[C@H]2C1=C(CC)C[C@H]1C(=O)N(C3CCN(Cc4ccccc4)CC3)C(=O)[C@H]12. The Balaban J connectivity index is 1.04. The Morgan fingerprint density at radius 1 is 0.894 bits per heavy atom. The maximum absolute atomic E-state index is 14.1. The van der Waals surface area contributed by atoms with Gasteiger partial charge in [-0.15, -0.1) is 0 Å². The summed E-state index contributed by atoms with van der Waals surface area (Å²) in [6.07, 6.45) is 9.41. The van der Waals surface area contributed by atoms with Gasteiger partial charge in [-0.1, -0.05) is 98.2 Å². The molecule has 246 valence electrons. The molecule has 3 aromatic carbocycles. The van der Waals surface area contributed by atoms with Crippen LogP contribution in [0, 0.1) is 17.8 Å². The predicted molar refractivity (Wildman–Crippen MR) is 186 cm³/mol. The zero-order chi connectivity index (χ0) is 32.5. The van der Waals surface area contributed by atoms with Crippen molar-refractivity contribution < 1.29 is 19.4 Å². The van der Waals surface area contributed by atoms with Crippen molar-refractivity contribution in [1.29, 1.82) is 0 Å². The molecule has 0 spiro atoms. The summed E-state index contributed by atoms with van der Waals surface area (Å²) in [5, 5.41) is 12.3. The number of amides is 2. The first kappa shape index (κ1) is 31.8. The zero-order valence-corrected chi connectivity index (χ0v) is 27.9. The summed E-state index contributed by atoms with van der Waals surface area (Å²) in [5.41, 5.74) is 6.46. The van der Waals surface area contributed by atoms with Crippen LogP contribution in [0.2, 0.25) is 0 Å². The number of hydrogen-bond donors (Lipinski definition) is 1. The summed E-state index contributed by atoms with van der Waals surface area (Å²) < 4.78 is 6.53. The van der Waals surface area contributed by atoms with Crippen molar-refractivity contribution in [2.45, 2.75) is 83.9 Å². The minimum atomic E-state index is -0.283. The third-order valence-electron chi connectivity index (χ3n) is 11.2. The normalized spacial score (nSPS) is 25.6. The standard InChI is InChI=1S/C41H48N2O4/c1-3-10-27(23-30-16-17-36(44)33-14-9-8-13-32(30)33)15-18-37-38-29(4-2)24-34-39(35(38)26-47-37)41(46)43(40(34)45)31-19-21-42(22-20-31)25-28-11-6-5-7-12-28/h5-9,11-14,16-17,23,31,34-35,37,39,44H,3-4,10,15,18-22,24-26H2,1-2H3/b27-23+/t34-,35+,37-,39-/m1/s1. The van der Waals surface area contributed by atoms with Crippen molar-refractivity contribution in [2.75, 3.05) is 19.7 Å². The number of benzene rings is 3. The molecule has 4 aliphatic rings. The Labute approximate surface area is 279 Å². The summed E-state index contributed by atoms with van der Waals surface area (Å²) in [7, 11) is 0. The number of hydrogen-bond acceptors (Lipinski definition) is 5. The van der Waals surface area contributed by atoms with Crippen LogP contribution in [0.15, 0.2) is 83.4 Å². The van der Waals surface area contributed by atoms with E-state index in [2.05, 4.69) is 55.2 Å². The van der Waals surface area contributed by atoms with E-state index in [0.717, 1.165) is 80.9 Å². The quantitative estimate of drug-likeness (QED) is 0.182. The molecule has 2 amide bonds. The average molecular weight is 633 g/mol. The molecule has 3 heterocycles. The lowest BCUT2D eigenvalue weighted by Crippen LogP contribution is -2.47. The highest BCUT2D eigenvalue weighted by Crippen LogP contribution is 2.51. The van der Waals surface area contributed by atoms with E-state index in [1.807, 2.05) is 30.3 Å².